The maximum Gasteiger partial charge on any atom is 0.121 e. The Hall–Kier alpha value is -1.28. The molecule has 1 fully saturated rings. The molecule has 112 valence electrons. The van der Waals surface area contributed by atoms with Gasteiger partial charge in [0.1, 0.15) is 12.4 Å². The van der Waals surface area contributed by atoms with Gasteiger partial charge in [-0.05, 0) is 61.9 Å². The molecule has 1 saturated carbocycles. The van der Waals surface area contributed by atoms with E-state index in [0.717, 1.165) is 27.3 Å². The normalized spacial score (nSPS) is 16.0. The van der Waals surface area contributed by atoms with Gasteiger partial charge in [0.2, 0.25) is 0 Å². The lowest BCUT2D eigenvalue weighted by molar-refractivity contribution is 0.353. The predicted octanol–water partition coefficient (Wildman–Crippen LogP) is 6.00. The molecule has 2 heteroatoms. The first-order valence-electron chi connectivity index (χ1n) is 7.48. The molecule has 1 nitrogen and oxygen atoms in total. The second kappa shape index (κ2) is 7.65. The van der Waals surface area contributed by atoms with Gasteiger partial charge in [-0.2, -0.15) is 0 Å². The fourth-order valence-electron chi connectivity index (χ4n) is 2.22. The SMILES string of the molecule is C=C(C)/C(=C\C=C\C1CCC1)COc1cc(C)cc(Br)c1. The van der Waals surface area contributed by atoms with Crippen molar-refractivity contribution in [1.29, 1.82) is 0 Å². The number of allylic oxidation sites excluding steroid dienone is 3. The largest absolute Gasteiger partial charge is 0.489 e. The van der Waals surface area contributed by atoms with Crippen molar-refractivity contribution in [2.75, 3.05) is 6.61 Å². The molecule has 0 atom stereocenters. The Bertz CT molecular complexity index is 545. The third-order valence-electron chi connectivity index (χ3n) is 3.79. The summed E-state index contributed by atoms with van der Waals surface area (Å²) in [5.74, 6) is 1.67. The number of benzene rings is 1. The minimum Gasteiger partial charge on any atom is -0.489 e. The first-order valence-corrected chi connectivity index (χ1v) is 8.27. The second-order valence-corrected chi connectivity index (χ2v) is 6.72. The lowest BCUT2D eigenvalue weighted by Gasteiger charge is -2.21. The van der Waals surface area contributed by atoms with E-state index < -0.39 is 0 Å². The molecule has 1 aliphatic carbocycles. The summed E-state index contributed by atoms with van der Waals surface area (Å²) in [4.78, 5) is 0. The van der Waals surface area contributed by atoms with Crippen LogP contribution < -0.4 is 4.74 Å². The van der Waals surface area contributed by atoms with E-state index in [0.29, 0.717) is 6.61 Å². The van der Waals surface area contributed by atoms with Crippen molar-refractivity contribution < 1.29 is 4.74 Å². The minimum atomic E-state index is 0.556. The van der Waals surface area contributed by atoms with Crippen LogP contribution in [0.5, 0.6) is 5.75 Å². The van der Waals surface area contributed by atoms with Crippen molar-refractivity contribution >= 4 is 15.9 Å². The number of aryl methyl sites for hydroxylation is 1. The molecule has 0 saturated heterocycles. The maximum atomic E-state index is 5.90. The van der Waals surface area contributed by atoms with E-state index in [1.54, 1.807) is 0 Å². The summed E-state index contributed by atoms with van der Waals surface area (Å²) in [6.45, 7) is 8.69. The summed E-state index contributed by atoms with van der Waals surface area (Å²) in [5.41, 5.74) is 3.38. The summed E-state index contributed by atoms with van der Waals surface area (Å²) < 4.78 is 6.94. The van der Waals surface area contributed by atoms with E-state index in [9.17, 15) is 0 Å². The predicted molar refractivity (Wildman–Crippen MR) is 93.8 cm³/mol. The van der Waals surface area contributed by atoms with E-state index in [1.807, 2.05) is 19.1 Å². The fourth-order valence-corrected chi connectivity index (χ4v) is 2.81. The Morgan fingerprint density at radius 1 is 1.38 bits per heavy atom. The van der Waals surface area contributed by atoms with Crippen molar-refractivity contribution in [1.82, 2.24) is 0 Å². The number of rotatable bonds is 6. The summed E-state index contributed by atoms with van der Waals surface area (Å²) in [6, 6.07) is 6.11. The molecular formula is C19H23BrO. The van der Waals surface area contributed by atoms with Crippen LogP contribution in [0.3, 0.4) is 0 Å². The van der Waals surface area contributed by atoms with Gasteiger partial charge in [0.15, 0.2) is 0 Å². The van der Waals surface area contributed by atoms with Crippen molar-refractivity contribution in [2.24, 2.45) is 5.92 Å². The zero-order valence-corrected chi connectivity index (χ0v) is 14.4. The molecule has 0 unspecified atom stereocenters. The van der Waals surface area contributed by atoms with E-state index in [2.05, 4.69) is 53.7 Å². The highest BCUT2D eigenvalue weighted by atomic mass is 79.9. The van der Waals surface area contributed by atoms with E-state index in [1.165, 1.54) is 24.8 Å². The van der Waals surface area contributed by atoms with Crippen molar-refractivity contribution in [3.8, 4) is 5.75 Å². The minimum absolute atomic E-state index is 0.556. The smallest absolute Gasteiger partial charge is 0.121 e. The highest BCUT2D eigenvalue weighted by Crippen LogP contribution is 2.27. The van der Waals surface area contributed by atoms with Gasteiger partial charge in [0, 0.05) is 4.47 Å². The van der Waals surface area contributed by atoms with Crippen molar-refractivity contribution in [3.05, 3.63) is 64.2 Å². The van der Waals surface area contributed by atoms with Crippen LogP contribution in [0.1, 0.15) is 31.7 Å². The molecule has 0 heterocycles. The molecule has 0 amide bonds. The van der Waals surface area contributed by atoms with Crippen molar-refractivity contribution in [3.63, 3.8) is 0 Å². The number of halogens is 1. The highest BCUT2D eigenvalue weighted by Gasteiger charge is 2.12. The number of ether oxygens (including phenoxy) is 1. The van der Waals surface area contributed by atoms with Crippen LogP contribution in [0.25, 0.3) is 0 Å². The van der Waals surface area contributed by atoms with Crippen LogP contribution in [0, 0.1) is 12.8 Å². The zero-order valence-electron chi connectivity index (χ0n) is 12.9. The third kappa shape index (κ3) is 5.20. The van der Waals surface area contributed by atoms with Gasteiger partial charge in [0.05, 0.1) is 0 Å². The van der Waals surface area contributed by atoms with Gasteiger partial charge in [-0.1, -0.05) is 52.7 Å². The molecule has 1 aromatic carbocycles. The van der Waals surface area contributed by atoms with E-state index in [4.69, 9.17) is 4.74 Å². The fraction of sp³-hybridized carbons (Fsp3) is 0.368. The lowest BCUT2D eigenvalue weighted by atomic mass is 9.85. The van der Waals surface area contributed by atoms with Crippen LogP contribution >= 0.6 is 15.9 Å². The van der Waals surface area contributed by atoms with Gasteiger partial charge >= 0.3 is 0 Å². The third-order valence-corrected chi connectivity index (χ3v) is 4.25. The standard InChI is InChI=1S/C19H23BrO/c1-14(2)17(9-5-8-16-6-4-7-16)13-21-19-11-15(3)10-18(20)12-19/h5,8-12,16H,1,4,6-7,13H2,2-3H3/b8-5+,17-9-. The van der Waals surface area contributed by atoms with Crippen LogP contribution in [0.4, 0.5) is 0 Å². The average Bonchev–Trinajstić information content (AvgIpc) is 2.34. The Balaban J connectivity index is 1.97. The Labute approximate surface area is 136 Å². The Morgan fingerprint density at radius 3 is 2.71 bits per heavy atom. The van der Waals surface area contributed by atoms with Crippen molar-refractivity contribution in [2.45, 2.75) is 33.1 Å². The first-order chi connectivity index (χ1) is 10.0. The topological polar surface area (TPSA) is 9.23 Å². The maximum absolute atomic E-state index is 5.90. The molecule has 0 aliphatic heterocycles. The molecule has 0 bridgehead atoms. The van der Waals surface area contributed by atoms with Crippen LogP contribution in [-0.2, 0) is 0 Å². The zero-order chi connectivity index (χ0) is 15.2. The molecule has 1 aliphatic rings. The first kappa shape index (κ1) is 16.1. The number of hydrogen-bond acceptors (Lipinski definition) is 1. The summed E-state index contributed by atoms with van der Waals surface area (Å²) in [6.07, 6.45) is 10.6. The highest BCUT2D eigenvalue weighted by molar-refractivity contribution is 9.10. The van der Waals surface area contributed by atoms with Gasteiger partial charge < -0.3 is 4.74 Å². The number of hydrogen-bond donors (Lipinski definition) is 0. The van der Waals surface area contributed by atoms with Gasteiger partial charge in [-0.3, -0.25) is 0 Å². The molecule has 1 aromatic rings. The summed E-state index contributed by atoms with van der Waals surface area (Å²) in [7, 11) is 0. The van der Waals surface area contributed by atoms with E-state index >= 15 is 0 Å². The van der Waals surface area contributed by atoms with Gasteiger partial charge in [0.25, 0.3) is 0 Å². The molecule has 0 N–H and O–H groups in total. The van der Waals surface area contributed by atoms with Gasteiger partial charge in [-0.15, -0.1) is 0 Å². The molecule has 0 spiro atoms. The Kier molecular flexibility index (Phi) is 5.86. The van der Waals surface area contributed by atoms with Crippen LogP contribution in [0.2, 0.25) is 0 Å². The quantitative estimate of drug-likeness (QED) is 0.574. The van der Waals surface area contributed by atoms with Crippen LogP contribution in [-0.4, -0.2) is 6.61 Å². The molecular weight excluding hydrogens is 324 g/mol. The monoisotopic (exact) mass is 346 g/mol. The second-order valence-electron chi connectivity index (χ2n) is 5.80. The van der Waals surface area contributed by atoms with E-state index in [-0.39, 0.29) is 0 Å². The Morgan fingerprint density at radius 2 is 2.14 bits per heavy atom. The molecule has 21 heavy (non-hydrogen) atoms. The molecule has 0 radical (unpaired) electrons. The lowest BCUT2D eigenvalue weighted by Crippen LogP contribution is -2.07. The van der Waals surface area contributed by atoms with Gasteiger partial charge in [-0.25, -0.2) is 0 Å². The summed E-state index contributed by atoms with van der Waals surface area (Å²) >= 11 is 3.50. The average molecular weight is 347 g/mol. The van der Waals surface area contributed by atoms with Crippen LogP contribution in [0.15, 0.2) is 58.6 Å². The molecule has 2 rings (SSSR count). The molecule has 0 aromatic heterocycles. The summed E-state index contributed by atoms with van der Waals surface area (Å²) in [5, 5.41) is 0.